The molecule has 0 aromatic heterocycles. The molecule has 4 heteroatoms. The number of thiocarbonyl (C=S) groups is 1. The predicted octanol–water partition coefficient (Wildman–Crippen LogP) is 0.951. The lowest BCUT2D eigenvalue weighted by Gasteiger charge is -2.09. The number of nitrogens with one attached hydrogen (secondary N) is 2. The summed E-state index contributed by atoms with van der Waals surface area (Å²) in [6, 6.07) is 8.25. The minimum absolute atomic E-state index is 0.0895. The Labute approximate surface area is 95.5 Å². The summed E-state index contributed by atoms with van der Waals surface area (Å²) in [5.41, 5.74) is 2.44. The van der Waals surface area contributed by atoms with Gasteiger partial charge in [-0.15, -0.1) is 0 Å². The Hall–Kier alpha value is -1.13. The lowest BCUT2D eigenvalue weighted by Crippen LogP contribution is -2.36. The number of benzene rings is 1. The number of aryl methyl sites for hydroxylation is 1. The Morgan fingerprint density at radius 3 is 2.87 bits per heavy atom. The molecule has 0 amide bonds. The molecule has 0 aliphatic rings. The van der Waals surface area contributed by atoms with Gasteiger partial charge < -0.3 is 15.7 Å². The maximum absolute atomic E-state index is 8.59. The van der Waals surface area contributed by atoms with Crippen LogP contribution in [0.5, 0.6) is 0 Å². The maximum atomic E-state index is 8.59. The van der Waals surface area contributed by atoms with Gasteiger partial charge in [0.05, 0.1) is 6.61 Å². The van der Waals surface area contributed by atoms with Gasteiger partial charge in [0, 0.05) is 13.1 Å². The Balaban J connectivity index is 2.33. The van der Waals surface area contributed by atoms with E-state index in [1.807, 2.05) is 6.07 Å². The average molecular weight is 224 g/mol. The van der Waals surface area contributed by atoms with Crippen LogP contribution in [0.15, 0.2) is 24.3 Å². The van der Waals surface area contributed by atoms with Gasteiger partial charge in [-0.25, -0.2) is 0 Å². The summed E-state index contributed by atoms with van der Waals surface area (Å²) in [4.78, 5) is 0. The van der Waals surface area contributed by atoms with Crippen molar-refractivity contribution in [2.75, 3.05) is 13.2 Å². The largest absolute Gasteiger partial charge is 0.395 e. The smallest absolute Gasteiger partial charge is 0.166 e. The number of aliphatic hydroxyl groups is 1. The summed E-state index contributed by atoms with van der Waals surface area (Å²) in [6.07, 6.45) is 0. The van der Waals surface area contributed by atoms with Crippen molar-refractivity contribution in [2.45, 2.75) is 13.5 Å². The van der Waals surface area contributed by atoms with E-state index in [4.69, 9.17) is 17.3 Å². The van der Waals surface area contributed by atoms with Gasteiger partial charge in [0.15, 0.2) is 5.11 Å². The van der Waals surface area contributed by atoms with Gasteiger partial charge in [0.1, 0.15) is 0 Å². The molecule has 3 N–H and O–H groups in total. The van der Waals surface area contributed by atoms with E-state index in [-0.39, 0.29) is 6.61 Å². The second-order valence-electron chi connectivity index (χ2n) is 3.32. The summed E-state index contributed by atoms with van der Waals surface area (Å²) >= 11 is 5.02. The molecule has 0 bridgehead atoms. The first-order valence-electron chi connectivity index (χ1n) is 4.90. The van der Waals surface area contributed by atoms with Gasteiger partial charge in [-0.2, -0.15) is 0 Å². The third-order valence-corrected chi connectivity index (χ3v) is 2.22. The molecular weight excluding hydrogens is 208 g/mol. The minimum Gasteiger partial charge on any atom is -0.395 e. The highest BCUT2D eigenvalue weighted by Gasteiger charge is 1.95. The average Bonchev–Trinajstić information content (AvgIpc) is 2.23. The molecular formula is C11H16N2OS. The zero-order valence-corrected chi connectivity index (χ0v) is 9.60. The topological polar surface area (TPSA) is 44.3 Å². The number of hydrogen-bond donors (Lipinski definition) is 3. The molecule has 82 valence electrons. The Kier molecular flexibility index (Phi) is 5.07. The monoisotopic (exact) mass is 224 g/mol. The summed E-state index contributed by atoms with van der Waals surface area (Å²) in [6.45, 7) is 3.34. The van der Waals surface area contributed by atoms with E-state index in [9.17, 15) is 0 Å². The van der Waals surface area contributed by atoms with Crippen LogP contribution in [0.4, 0.5) is 0 Å². The highest BCUT2D eigenvalue weighted by Crippen LogP contribution is 2.02. The number of rotatable bonds is 4. The van der Waals surface area contributed by atoms with Crippen LogP contribution >= 0.6 is 12.2 Å². The lowest BCUT2D eigenvalue weighted by atomic mass is 10.1. The molecule has 0 saturated heterocycles. The predicted molar refractivity (Wildman–Crippen MR) is 65.7 cm³/mol. The first-order valence-corrected chi connectivity index (χ1v) is 5.31. The van der Waals surface area contributed by atoms with Crippen LogP contribution in [0.1, 0.15) is 11.1 Å². The molecule has 1 aromatic carbocycles. The first kappa shape index (κ1) is 11.9. The van der Waals surface area contributed by atoms with Crippen molar-refractivity contribution in [3.8, 4) is 0 Å². The lowest BCUT2D eigenvalue weighted by molar-refractivity contribution is 0.300. The molecule has 0 unspecified atom stereocenters. The summed E-state index contributed by atoms with van der Waals surface area (Å²) in [7, 11) is 0. The molecule has 1 aromatic rings. The van der Waals surface area contributed by atoms with Crippen molar-refractivity contribution in [2.24, 2.45) is 0 Å². The molecule has 0 saturated carbocycles. The van der Waals surface area contributed by atoms with Crippen molar-refractivity contribution in [3.05, 3.63) is 35.4 Å². The first-order chi connectivity index (χ1) is 7.22. The van der Waals surface area contributed by atoms with E-state index in [1.54, 1.807) is 0 Å². The van der Waals surface area contributed by atoms with E-state index in [0.717, 1.165) is 0 Å². The zero-order valence-electron chi connectivity index (χ0n) is 8.79. The number of hydrogen-bond acceptors (Lipinski definition) is 2. The van der Waals surface area contributed by atoms with Gasteiger partial charge in [0.2, 0.25) is 0 Å². The quantitative estimate of drug-likeness (QED) is 0.666. The van der Waals surface area contributed by atoms with Crippen molar-refractivity contribution in [3.63, 3.8) is 0 Å². The molecule has 0 heterocycles. The molecule has 0 aliphatic heterocycles. The molecule has 0 spiro atoms. The fourth-order valence-corrected chi connectivity index (χ4v) is 1.41. The molecule has 15 heavy (non-hydrogen) atoms. The minimum atomic E-state index is 0.0895. The summed E-state index contributed by atoms with van der Waals surface area (Å²) in [5, 5.41) is 15.1. The van der Waals surface area contributed by atoms with E-state index in [2.05, 4.69) is 35.8 Å². The normalized spacial score (nSPS) is 9.73. The Bertz CT molecular complexity index is 328. The van der Waals surface area contributed by atoms with E-state index in [0.29, 0.717) is 18.2 Å². The van der Waals surface area contributed by atoms with Crippen LogP contribution in [0.2, 0.25) is 0 Å². The summed E-state index contributed by atoms with van der Waals surface area (Å²) < 4.78 is 0. The highest BCUT2D eigenvalue weighted by atomic mass is 32.1. The molecule has 1 rings (SSSR count). The van der Waals surface area contributed by atoms with Crippen LogP contribution in [-0.2, 0) is 6.54 Å². The SMILES string of the molecule is Cc1cccc(CNC(=S)NCCO)c1. The molecule has 0 aliphatic carbocycles. The fourth-order valence-electron chi connectivity index (χ4n) is 1.24. The standard InChI is InChI=1S/C11H16N2OS/c1-9-3-2-4-10(7-9)8-13-11(15)12-5-6-14/h2-4,7,14H,5-6,8H2,1H3,(H2,12,13,15). The van der Waals surface area contributed by atoms with Crippen LogP contribution in [0, 0.1) is 6.92 Å². The third kappa shape index (κ3) is 4.76. The highest BCUT2D eigenvalue weighted by molar-refractivity contribution is 7.80. The molecule has 0 radical (unpaired) electrons. The van der Waals surface area contributed by atoms with Crippen LogP contribution < -0.4 is 10.6 Å². The van der Waals surface area contributed by atoms with Gasteiger partial charge >= 0.3 is 0 Å². The van der Waals surface area contributed by atoms with Crippen LogP contribution in [0.25, 0.3) is 0 Å². The van der Waals surface area contributed by atoms with E-state index < -0.39 is 0 Å². The number of aliphatic hydroxyl groups excluding tert-OH is 1. The van der Waals surface area contributed by atoms with Gasteiger partial charge in [-0.05, 0) is 24.7 Å². The Morgan fingerprint density at radius 1 is 1.40 bits per heavy atom. The zero-order chi connectivity index (χ0) is 11.1. The van der Waals surface area contributed by atoms with Gasteiger partial charge in [-0.3, -0.25) is 0 Å². The van der Waals surface area contributed by atoms with E-state index in [1.165, 1.54) is 11.1 Å². The van der Waals surface area contributed by atoms with Gasteiger partial charge in [0.25, 0.3) is 0 Å². The Morgan fingerprint density at radius 2 is 2.20 bits per heavy atom. The second-order valence-corrected chi connectivity index (χ2v) is 3.73. The maximum Gasteiger partial charge on any atom is 0.166 e. The molecule has 3 nitrogen and oxygen atoms in total. The fraction of sp³-hybridized carbons (Fsp3) is 0.364. The van der Waals surface area contributed by atoms with Crippen molar-refractivity contribution >= 4 is 17.3 Å². The van der Waals surface area contributed by atoms with Gasteiger partial charge in [-0.1, -0.05) is 29.8 Å². The molecule has 0 fully saturated rings. The van der Waals surface area contributed by atoms with E-state index >= 15 is 0 Å². The van der Waals surface area contributed by atoms with Crippen molar-refractivity contribution in [1.82, 2.24) is 10.6 Å². The summed E-state index contributed by atoms with van der Waals surface area (Å²) in [5.74, 6) is 0. The second kappa shape index (κ2) is 6.37. The third-order valence-electron chi connectivity index (χ3n) is 1.93. The van der Waals surface area contributed by atoms with Crippen molar-refractivity contribution < 1.29 is 5.11 Å². The van der Waals surface area contributed by atoms with Crippen LogP contribution in [-0.4, -0.2) is 23.4 Å². The van der Waals surface area contributed by atoms with Crippen LogP contribution in [0.3, 0.4) is 0 Å². The molecule has 0 atom stereocenters. The van der Waals surface area contributed by atoms with Crippen molar-refractivity contribution in [1.29, 1.82) is 0 Å².